The maximum atomic E-state index is 13.3. The first-order valence-electron chi connectivity index (χ1n) is 10.4. The molecule has 0 bridgehead atoms. The Labute approximate surface area is 206 Å². The highest BCUT2D eigenvalue weighted by atomic mass is 31.1. The van der Waals surface area contributed by atoms with Gasteiger partial charge in [0, 0.05) is 32.4 Å². The predicted molar refractivity (Wildman–Crippen MR) is 116 cm³/mol. The molecule has 1 aliphatic rings. The van der Waals surface area contributed by atoms with Gasteiger partial charge in [0.15, 0.2) is 6.23 Å². The number of alkyl halides is 6. The largest absolute Gasteiger partial charge is 0.615 e. The number of carbonyl (C=O) groups excluding carboxylic acids is 1. The molecule has 3 rings (SSSR count). The van der Waals surface area contributed by atoms with Crippen molar-refractivity contribution in [2.45, 2.75) is 24.7 Å². The highest BCUT2D eigenvalue weighted by Gasteiger charge is 2.40. The van der Waals surface area contributed by atoms with Crippen LogP contribution in [0.2, 0.25) is 0 Å². The number of nitrogens with zero attached hydrogens (tertiary/aromatic N) is 4. The lowest BCUT2D eigenvalue weighted by Gasteiger charge is -2.38. The Kier molecular flexibility index (Phi) is 8.27. The number of nitrogens with two attached hydrogens (primary N) is 1. The van der Waals surface area contributed by atoms with Crippen LogP contribution in [0.15, 0.2) is 35.3 Å². The highest BCUT2D eigenvalue weighted by molar-refractivity contribution is 7.36. The lowest BCUT2D eigenvalue weighted by Crippen LogP contribution is -2.51. The van der Waals surface area contributed by atoms with Crippen LogP contribution in [0.25, 0.3) is 0 Å². The summed E-state index contributed by atoms with van der Waals surface area (Å²) in [7, 11) is 0.626. The molecule has 3 unspecified atom stereocenters. The molecular weight excluding hydrogens is 535 g/mol. The van der Waals surface area contributed by atoms with E-state index in [-0.39, 0.29) is 25.0 Å². The first-order valence-corrected chi connectivity index (χ1v) is 11.6. The third kappa shape index (κ3) is 7.03. The summed E-state index contributed by atoms with van der Waals surface area (Å²) in [5.74, 6) is -1.29. The van der Waals surface area contributed by atoms with Gasteiger partial charge in [-0.25, -0.2) is 4.79 Å². The molecule has 1 aromatic carbocycles. The monoisotopic (exact) mass is 556 g/mol. The average molecular weight is 556 g/mol. The van der Waals surface area contributed by atoms with Gasteiger partial charge in [-0.15, -0.1) is 4.52 Å². The minimum absolute atomic E-state index is 0.0903. The van der Waals surface area contributed by atoms with E-state index in [0.29, 0.717) is 12.1 Å². The lowest BCUT2D eigenvalue weighted by atomic mass is 10.0. The molecule has 17 heteroatoms. The van der Waals surface area contributed by atoms with Gasteiger partial charge in [0.05, 0.1) is 17.7 Å². The zero-order chi connectivity index (χ0) is 27.7. The van der Waals surface area contributed by atoms with Crippen LogP contribution in [0.3, 0.4) is 0 Å². The SMILES string of the molecule is CN(C)[P+](=O)OCC1CN(C(=O)c2cc(C(F)(F)F)cc(C(F)(F)F)c2)CC(n2ccc(N)nc2=O)O1. The van der Waals surface area contributed by atoms with Gasteiger partial charge < -0.3 is 15.4 Å². The number of benzene rings is 1. The van der Waals surface area contributed by atoms with Crippen LogP contribution in [-0.4, -0.2) is 64.9 Å². The molecule has 0 saturated carbocycles. The van der Waals surface area contributed by atoms with Crippen molar-refractivity contribution >= 4 is 19.9 Å². The summed E-state index contributed by atoms with van der Waals surface area (Å²) in [6, 6.07) is 1.79. The first-order chi connectivity index (χ1) is 17.1. The van der Waals surface area contributed by atoms with Crippen molar-refractivity contribution in [2.24, 2.45) is 0 Å². The number of halogens is 6. The summed E-state index contributed by atoms with van der Waals surface area (Å²) in [5.41, 5.74) is 0.414. The third-order valence-corrected chi connectivity index (χ3v) is 6.15. The van der Waals surface area contributed by atoms with E-state index >= 15 is 0 Å². The van der Waals surface area contributed by atoms with Crippen LogP contribution in [0.4, 0.5) is 32.2 Å². The molecule has 2 N–H and O–H groups in total. The summed E-state index contributed by atoms with van der Waals surface area (Å²) >= 11 is 0. The molecule has 0 spiro atoms. The van der Waals surface area contributed by atoms with Crippen molar-refractivity contribution in [1.82, 2.24) is 19.1 Å². The molecule has 3 atom stereocenters. The Hall–Kier alpha value is -3.07. The van der Waals surface area contributed by atoms with Crippen LogP contribution in [-0.2, 0) is 26.2 Å². The molecule has 2 aromatic rings. The van der Waals surface area contributed by atoms with Crippen molar-refractivity contribution in [3.63, 3.8) is 0 Å². The molecule has 0 radical (unpaired) electrons. The Morgan fingerprint density at radius 2 is 1.76 bits per heavy atom. The fraction of sp³-hybridized carbons (Fsp3) is 0.450. The second kappa shape index (κ2) is 10.7. The van der Waals surface area contributed by atoms with Gasteiger partial charge >= 0.3 is 26.2 Å². The normalized spacial score (nSPS) is 19.3. The van der Waals surface area contributed by atoms with Gasteiger partial charge in [-0.2, -0.15) is 31.3 Å². The van der Waals surface area contributed by atoms with Crippen molar-refractivity contribution < 1.29 is 45.0 Å². The second-order valence-electron chi connectivity index (χ2n) is 8.14. The lowest BCUT2D eigenvalue weighted by molar-refractivity contribution is -0.143. The van der Waals surface area contributed by atoms with Gasteiger partial charge in [0.25, 0.3) is 5.91 Å². The number of amides is 1. The fourth-order valence-electron chi connectivity index (χ4n) is 3.40. The van der Waals surface area contributed by atoms with Gasteiger partial charge in [-0.05, 0) is 28.8 Å². The van der Waals surface area contributed by atoms with Crippen LogP contribution in [0.1, 0.15) is 27.7 Å². The number of nitrogen functional groups attached to an aromatic ring is 1. The van der Waals surface area contributed by atoms with E-state index in [1.54, 1.807) is 0 Å². The van der Waals surface area contributed by atoms with Gasteiger partial charge in [-0.3, -0.25) is 9.36 Å². The molecule has 1 amide bonds. The topological polar surface area (TPSA) is 120 Å². The Morgan fingerprint density at radius 3 is 2.27 bits per heavy atom. The molecule has 1 aliphatic heterocycles. The molecule has 202 valence electrons. The van der Waals surface area contributed by atoms with E-state index < -0.39 is 67.7 Å². The van der Waals surface area contributed by atoms with Crippen molar-refractivity contribution in [3.05, 3.63) is 57.6 Å². The van der Waals surface area contributed by atoms with Crippen molar-refractivity contribution in [3.8, 4) is 0 Å². The van der Waals surface area contributed by atoms with E-state index in [1.165, 1.54) is 31.0 Å². The molecule has 0 aliphatic carbocycles. The minimum Gasteiger partial charge on any atom is -0.383 e. The van der Waals surface area contributed by atoms with Gasteiger partial charge in [-0.1, -0.05) is 4.67 Å². The first kappa shape index (κ1) is 28.5. The molecule has 2 heterocycles. The zero-order valence-corrected chi connectivity index (χ0v) is 20.2. The van der Waals surface area contributed by atoms with Gasteiger partial charge in [0.2, 0.25) is 0 Å². The summed E-state index contributed by atoms with van der Waals surface area (Å²) < 4.78 is 105. The van der Waals surface area contributed by atoms with Crippen LogP contribution < -0.4 is 11.4 Å². The maximum Gasteiger partial charge on any atom is 0.615 e. The van der Waals surface area contributed by atoms with E-state index in [9.17, 15) is 40.5 Å². The van der Waals surface area contributed by atoms with Crippen molar-refractivity contribution in [1.29, 1.82) is 0 Å². The molecule has 1 saturated heterocycles. The second-order valence-corrected chi connectivity index (χ2v) is 9.67. The Balaban J connectivity index is 1.98. The number of ether oxygens (including phenoxy) is 1. The maximum absolute atomic E-state index is 13.3. The fourth-order valence-corrected chi connectivity index (χ4v) is 3.92. The molecule has 10 nitrogen and oxygen atoms in total. The number of carbonyl (C=O) groups is 1. The van der Waals surface area contributed by atoms with E-state index in [4.69, 9.17) is 15.0 Å². The highest BCUT2D eigenvalue weighted by Crippen LogP contribution is 2.37. The van der Waals surface area contributed by atoms with E-state index in [1.807, 2.05) is 0 Å². The van der Waals surface area contributed by atoms with E-state index in [0.717, 1.165) is 9.47 Å². The van der Waals surface area contributed by atoms with E-state index in [2.05, 4.69) is 4.98 Å². The summed E-state index contributed by atoms with van der Waals surface area (Å²) in [6.45, 7) is -1.15. The number of aromatic nitrogens is 2. The summed E-state index contributed by atoms with van der Waals surface area (Å²) in [5, 5.41) is 0. The van der Waals surface area contributed by atoms with Crippen LogP contribution in [0, 0.1) is 0 Å². The number of anilines is 1. The number of hydrogen-bond donors (Lipinski definition) is 1. The standard InChI is InChI=1S/C20H20F6N5O5P/c1-29(2)37(34)35-10-14-8-30(9-16(36-14)31-4-3-15(27)28-18(31)33)17(32)11-5-12(19(21,22)23)7-13(6-11)20(24,25)26/h3-7,14,16H,8-10H2,1-2H3,(H-,27,28,33)/p+1. The quantitative estimate of drug-likeness (QED) is 0.426. The molecule has 37 heavy (non-hydrogen) atoms. The number of morpholine rings is 1. The summed E-state index contributed by atoms with van der Waals surface area (Å²) in [6.07, 6.45) is -11.4. The zero-order valence-electron chi connectivity index (χ0n) is 19.3. The third-order valence-electron chi connectivity index (χ3n) is 5.13. The summed E-state index contributed by atoms with van der Waals surface area (Å²) in [4.78, 5) is 29.9. The average Bonchev–Trinajstić information content (AvgIpc) is 2.80. The molecule has 1 aromatic heterocycles. The Bertz CT molecular complexity index is 1200. The minimum atomic E-state index is -5.15. The predicted octanol–water partition coefficient (Wildman–Crippen LogP) is 3.14. The van der Waals surface area contributed by atoms with Crippen LogP contribution in [0.5, 0.6) is 0 Å². The molecule has 1 fully saturated rings. The molecular formula is C20H21F6N5O5P+. The smallest absolute Gasteiger partial charge is 0.383 e. The Morgan fingerprint density at radius 1 is 1.16 bits per heavy atom. The van der Waals surface area contributed by atoms with Crippen molar-refractivity contribution in [2.75, 3.05) is 39.5 Å². The number of hydrogen-bond acceptors (Lipinski definition) is 7. The van der Waals surface area contributed by atoms with Gasteiger partial charge in [0.1, 0.15) is 18.5 Å². The number of rotatable bonds is 6. The van der Waals surface area contributed by atoms with Crippen LogP contribution >= 0.6 is 8.18 Å².